The van der Waals surface area contributed by atoms with Crippen LogP contribution in [0.3, 0.4) is 0 Å². The number of nitrogens with zero attached hydrogens (tertiary/aromatic N) is 1. The van der Waals surface area contributed by atoms with E-state index in [1.165, 1.54) is 4.90 Å². The Labute approximate surface area is 121 Å². The molecule has 1 N–H and O–H groups in total. The molecule has 116 valence electrons. The maximum Gasteiger partial charge on any atom is 0.412 e. The highest BCUT2D eigenvalue weighted by atomic mass is 16.6. The van der Waals surface area contributed by atoms with E-state index in [2.05, 4.69) is 6.58 Å². The van der Waals surface area contributed by atoms with Crippen LogP contribution in [-0.4, -0.2) is 46.2 Å². The van der Waals surface area contributed by atoms with Gasteiger partial charge in [-0.2, -0.15) is 0 Å². The number of carbonyl (C=O) groups is 1. The number of carbonyl (C=O) groups excluding carboxylic acids is 1. The molecule has 0 unspecified atom stereocenters. The molecule has 1 heterocycles. The molecule has 0 aromatic rings. The Hall–Kier alpha value is -1.07. The van der Waals surface area contributed by atoms with Crippen LogP contribution in [0.2, 0.25) is 0 Å². The summed E-state index contributed by atoms with van der Waals surface area (Å²) < 4.78 is 11.1. The summed E-state index contributed by atoms with van der Waals surface area (Å²) in [6, 6.07) is -0.437. The summed E-state index contributed by atoms with van der Waals surface area (Å²) >= 11 is 0. The molecule has 0 saturated carbocycles. The van der Waals surface area contributed by atoms with Crippen molar-refractivity contribution in [2.24, 2.45) is 5.92 Å². The quantitative estimate of drug-likeness (QED) is 0.810. The molecule has 1 amide bonds. The minimum atomic E-state index is -0.797. The summed E-state index contributed by atoms with van der Waals surface area (Å²) in [6.07, 6.45) is 0.464. The first kappa shape index (κ1) is 17.0. The first-order valence-electron chi connectivity index (χ1n) is 6.96. The van der Waals surface area contributed by atoms with Gasteiger partial charge in [0, 0.05) is 5.92 Å². The number of aliphatic hydroxyl groups is 1. The van der Waals surface area contributed by atoms with Crippen molar-refractivity contribution >= 4 is 6.09 Å². The third-order valence-corrected chi connectivity index (χ3v) is 3.41. The van der Waals surface area contributed by atoms with Gasteiger partial charge in [-0.15, -0.1) is 6.58 Å². The van der Waals surface area contributed by atoms with Gasteiger partial charge in [-0.25, -0.2) is 4.79 Å². The average Bonchev–Trinajstić information content (AvgIpc) is 2.60. The average molecular weight is 285 g/mol. The normalized spacial score (nSPS) is 25.1. The second kappa shape index (κ2) is 5.74. The fourth-order valence-corrected chi connectivity index (χ4v) is 2.24. The minimum absolute atomic E-state index is 0.137. The monoisotopic (exact) mass is 285 g/mol. The van der Waals surface area contributed by atoms with Gasteiger partial charge < -0.3 is 14.6 Å². The van der Waals surface area contributed by atoms with E-state index in [0.717, 1.165) is 0 Å². The van der Waals surface area contributed by atoms with Crippen LogP contribution >= 0.6 is 0 Å². The summed E-state index contributed by atoms with van der Waals surface area (Å²) in [6.45, 7) is 14.8. The SMILES string of the molecule is C=C[C@H](C)[C@@H](O)[C@@H]1COC(C)(C)N1C(=O)OC(C)(C)C. The van der Waals surface area contributed by atoms with E-state index >= 15 is 0 Å². The molecule has 0 radical (unpaired) electrons. The molecule has 5 nitrogen and oxygen atoms in total. The van der Waals surface area contributed by atoms with Gasteiger partial charge in [-0.1, -0.05) is 13.0 Å². The van der Waals surface area contributed by atoms with E-state index in [9.17, 15) is 9.90 Å². The lowest BCUT2D eigenvalue weighted by Gasteiger charge is -2.37. The van der Waals surface area contributed by atoms with Crippen LogP contribution < -0.4 is 0 Å². The second-order valence-electron chi connectivity index (χ2n) is 6.76. The molecule has 1 aliphatic rings. The molecule has 0 spiro atoms. The Bertz CT molecular complexity index is 373. The second-order valence-corrected chi connectivity index (χ2v) is 6.76. The van der Waals surface area contributed by atoms with Crippen molar-refractivity contribution in [1.82, 2.24) is 4.90 Å². The van der Waals surface area contributed by atoms with Gasteiger partial charge in [-0.3, -0.25) is 4.90 Å². The molecule has 1 saturated heterocycles. The fraction of sp³-hybridized carbons (Fsp3) is 0.800. The Balaban J connectivity index is 2.96. The van der Waals surface area contributed by atoms with Crippen molar-refractivity contribution in [3.05, 3.63) is 12.7 Å². The molecule has 1 rings (SSSR count). The van der Waals surface area contributed by atoms with Crippen LogP contribution in [0, 0.1) is 5.92 Å². The Morgan fingerprint density at radius 3 is 2.55 bits per heavy atom. The van der Waals surface area contributed by atoms with Crippen molar-refractivity contribution in [1.29, 1.82) is 0 Å². The zero-order chi connectivity index (χ0) is 15.7. The van der Waals surface area contributed by atoms with E-state index in [1.54, 1.807) is 19.9 Å². The number of aliphatic hydroxyl groups excluding tert-OH is 1. The molecule has 0 bridgehead atoms. The van der Waals surface area contributed by atoms with Crippen LogP contribution in [0.5, 0.6) is 0 Å². The Morgan fingerprint density at radius 2 is 2.10 bits per heavy atom. The van der Waals surface area contributed by atoms with E-state index in [0.29, 0.717) is 0 Å². The van der Waals surface area contributed by atoms with Crippen LogP contribution in [0.1, 0.15) is 41.5 Å². The molecule has 0 aromatic carbocycles. The van der Waals surface area contributed by atoms with Gasteiger partial charge in [-0.05, 0) is 34.6 Å². The molecular weight excluding hydrogens is 258 g/mol. The highest BCUT2D eigenvalue weighted by molar-refractivity contribution is 5.70. The van der Waals surface area contributed by atoms with Gasteiger partial charge in [0.15, 0.2) is 0 Å². The molecular formula is C15H27NO4. The van der Waals surface area contributed by atoms with E-state index in [4.69, 9.17) is 9.47 Å². The van der Waals surface area contributed by atoms with Crippen LogP contribution in [0.4, 0.5) is 4.79 Å². The van der Waals surface area contributed by atoms with Crippen molar-refractivity contribution in [3.63, 3.8) is 0 Å². The zero-order valence-electron chi connectivity index (χ0n) is 13.3. The van der Waals surface area contributed by atoms with Crippen LogP contribution in [0.15, 0.2) is 12.7 Å². The number of ether oxygens (including phenoxy) is 2. The summed E-state index contributed by atoms with van der Waals surface area (Å²) in [5, 5.41) is 10.4. The van der Waals surface area contributed by atoms with E-state index in [1.807, 2.05) is 27.7 Å². The van der Waals surface area contributed by atoms with E-state index in [-0.39, 0.29) is 12.5 Å². The number of rotatable bonds is 3. The van der Waals surface area contributed by atoms with Crippen molar-refractivity contribution < 1.29 is 19.4 Å². The Morgan fingerprint density at radius 1 is 1.55 bits per heavy atom. The smallest absolute Gasteiger partial charge is 0.412 e. The maximum absolute atomic E-state index is 12.4. The first-order chi connectivity index (χ1) is 8.99. The first-order valence-corrected chi connectivity index (χ1v) is 6.96. The summed E-state index contributed by atoms with van der Waals surface area (Å²) in [5.41, 5.74) is -1.38. The highest BCUT2D eigenvalue weighted by Crippen LogP contribution is 2.32. The Kier molecular flexibility index (Phi) is 4.87. The summed E-state index contributed by atoms with van der Waals surface area (Å²) in [7, 11) is 0. The molecule has 1 aliphatic heterocycles. The maximum atomic E-state index is 12.4. The number of amides is 1. The zero-order valence-corrected chi connectivity index (χ0v) is 13.3. The molecule has 5 heteroatoms. The molecule has 1 fully saturated rings. The van der Waals surface area contributed by atoms with Gasteiger partial charge in [0.05, 0.1) is 18.8 Å². The van der Waals surface area contributed by atoms with Gasteiger partial charge in [0.2, 0.25) is 0 Å². The van der Waals surface area contributed by atoms with Gasteiger partial charge >= 0.3 is 6.09 Å². The predicted molar refractivity (Wildman–Crippen MR) is 77.3 cm³/mol. The van der Waals surface area contributed by atoms with E-state index < -0.39 is 29.6 Å². The van der Waals surface area contributed by atoms with Gasteiger partial charge in [0.25, 0.3) is 0 Å². The molecule has 3 atom stereocenters. The van der Waals surface area contributed by atoms with Crippen LogP contribution in [-0.2, 0) is 9.47 Å². The third kappa shape index (κ3) is 3.73. The van der Waals surface area contributed by atoms with Crippen LogP contribution in [0.25, 0.3) is 0 Å². The standard InChI is InChI=1S/C15H27NO4/c1-8-10(2)12(17)11-9-19-15(6,7)16(11)13(18)20-14(3,4)5/h8,10-12,17H,1,9H2,2-7H3/t10-,11-,12+/m0/s1. The third-order valence-electron chi connectivity index (χ3n) is 3.41. The lowest BCUT2D eigenvalue weighted by Crippen LogP contribution is -2.54. The lowest BCUT2D eigenvalue weighted by molar-refractivity contribution is -0.0692. The summed E-state index contributed by atoms with van der Waals surface area (Å²) in [5.74, 6) is -0.137. The summed E-state index contributed by atoms with van der Waals surface area (Å²) in [4.78, 5) is 13.9. The molecule has 20 heavy (non-hydrogen) atoms. The van der Waals surface area contributed by atoms with Crippen molar-refractivity contribution in [2.75, 3.05) is 6.61 Å². The molecule has 0 aromatic heterocycles. The predicted octanol–water partition coefficient (Wildman–Crippen LogP) is 2.54. The fourth-order valence-electron chi connectivity index (χ4n) is 2.24. The highest BCUT2D eigenvalue weighted by Gasteiger charge is 2.48. The topological polar surface area (TPSA) is 59.0 Å². The van der Waals surface area contributed by atoms with Gasteiger partial charge in [0.1, 0.15) is 11.3 Å². The minimum Gasteiger partial charge on any atom is -0.444 e. The largest absolute Gasteiger partial charge is 0.444 e. The van der Waals surface area contributed by atoms with Crippen molar-refractivity contribution in [3.8, 4) is 0 Å². The number of hydrogen-bond acceptors (Lipinski definition) is 4. The number of hydrogen-bond donors (Lipinski definition) is 1. The lowest BCUT2D eigenvalue weighted by atomic mass is 9.97. The molecule has 0 aliphatic carbocycles. The van der Waals surface area contributed by atoms with Crippen molar-refractivity contribution in [2.45, 2.75) is 65.0 Å².